The lowest BCUT2D eigenvalue weighted by Crippen LogP contribution is -2.16. The molecular weight excluding hydrogens is 415 g/mol. The van der Waals surface area contributed by atoms with E-state index >= 15 is 0 Å². The fraction of sp³-hybridized carbons (Fsp3) is 0. The van der Waals surface area contributed by atoms with Crippen LogP contribution < -0.4 is 10.0 Å². The van der Waals surface area contributed by atoms with Crippen LogP contribution in [-0.2, 0) is 10.0 Å². The fourth-order valence-corrected chi connectivity index (χ4v) is 3.96. The van der Waals surface area contributed by atoms with Crippen LogP contribution >= 0.6 is 11.6 Å². The molecule has 0 saturated heterocycles. The number of benzene rings is 3. The molecule has 146 valence electrons. The van der Waals surface area contributed by atoms with E-state index in [1.807, 2.05) is 0 Å². The van der Waals surface area contributed by atoms with Crippen LogP contribution in [0.3, 0.4) is 0 Å². The maximum atomic E-state index is 13.2. The van der Waals surface area contributed by atoms with Gasteiger partial charge in [-0.1, -0.05) is 29.8 Å². The highest BCUT2D eigenvalue weighted by atomic mass is 35.5. The van der Waals surface area contributed by atoms with Crippen LogP contribution in [0.2, 0.25) is 5.02 Å². The number of hydrogen-bond donors (Lipinski definition) is 2. The molecule has 4 aromatic rings. The van der Waals surface area contributed by atoms with Crippen LogP contribution in [0, 0.1) is 5.82 Å². The number of nitrogens with zero attached hydrogens (tertiary/aromatic N) is 2. The Balaban J connectivity index is 1.78. The molecule has 6 nitrogen and oxygen atoms in total. The maximum absolute atomic E-state index is 13.2. The van der Waals surface area contributed by atoms with Crippen molar-refractivity contribution in [2.24, 2.45) is 0 Å². The minimum absolute atomic E-state index is 0.00677. The molecule has 0 amide bonds. The first kappa shape index (κ1) is 19.1. The maximum Gasteiger partial charge on any atom is 0.263 e. The molecule has 4 rings (SSSR count). The number of para-hydroxylation sites is 2. The largest absolute Gasteiger partial charge is 0.337 e. The highest BCUT2D eigenvalue weighted by Crippen LogP contribution is 2.27. The van der Waals surface area contributed by atoms with Crippen molar-refractivity contribution in [2.45, 2.75) is 4.90 Å². The quantitative estimate of drug-likeness (QED) is 0.469. The predicted molar refractivity (Wildman–Crippen MR) is 111 cm³/mol. The van der Waals surface area contributed by atoms with Gasteiger partial charge in [0.2, 0.25) is 0 Å². The summed E-state index contributed by atoms with van der Waals surface area (Å²) in [5.74, 6) is -0.198. The zero-order valence-corrected chi connectivity index (χ0v) is 16.4. The Morgan fingerprint density at radius 3 is 2.14 bits per heavy atom. The van der Waals surface area contributed by atoms with Crippen molar-refractivity contribution in [3.05, 3.63) is 83.6 Å². The first-order chi connectivity index (χ1) is 13.9. The van der Waals surface area contributed by atoms with Crippen LogP contribution in [-0.4, -0.2) is 18.4 Å². The van der Waals surface area contributed by atoms with E-state index in [0.29, 0.717) is 21.7 Å². The van der Waals surface area contributed by atoms with Crippen molar-refractivity contribution in [2.75, 3.05) is 10.0 Å². The Morgan fingerprint density at radius 1 is 0.828 bits per heavy atom. The first-order valence-electron chi connectivity index (χ1n) is 8.48. The van der Waals surface area contributed by atoms with Gasteiger partial charge in [0.1, 0.15) is 5.82 Å². The van der Waals surface area contributed by atoms with E-state index in [9.17, 15) is 12.8 Å². The zero-order valence-electron chi connectivity index (χ0n) is 14.8. The number of aromatic nitrogens is 2. The number of fused-ring (bicyclic) bond motifs is 1. The Labute approximate surface area is 171 Å². The molecule has 0 saturated carbocycles. The Kier molecular flexibility index (Phi) is 5.04. The third kappa shape index (κ3) is 4.28. The Morgan fingerprint density at radius 2 is 1.48 bits per heavy atom. The minimum atomic E-state index is -3.96. The van der Waals surface area contributed by atoms with Gasteiger partial charge in [-0.15, -0.1) is 0 Å². The molecule has 0 spiro atoms. The van der Waals surface area contributed by atoms with E-state index in [2.05, 4.69) is 20.0 Å². The highest BCUT2D eigenvalue weighted by molar-refractivity contribution is 7.92. The summed E-state index contributed by atoms with van der Waals surface area (Å²) in [6.07, 6.45) is 0. The number of anilines is 3. The fourth-order valence-electron chi connectivity index (χ4n) is 2.65. The monoisotopic (exact) mass is 428 g/mol. The summed E-state index contributed by atoms with van der Waals surface area (Å²) in [5.41, 5.74) is 1.61. The first-order valence-corrected chi connectivity index (χ1v) is 10.3. The lowest BCUT2D eigenvalue weighted by Gasteiger charge is -2.14. The predicted octanol–water partition coefficient (Wildman–Crippen LogP) is 4.97. The van der Waals surface area contributed by atoms with Crippen molar-refractivity contribution in [3.63, 3.8) is 0 Å². The van der Waals surface area contributed by atoms with E-state index in [4.69, 9.17) is 11.6 Å². The second kappa shape index (κ2) is 7.65. The molecule has 0 aliphatic rings. The molecule has 2 N–H and O–H groups in total. The molecule has 0 unspecified atom stereocenters. The van der Waals surface area contributed by atoms with Gasteiger partial charge in [-0.05, 0) is 54.6 Å². The number of rotatable bonds is 5. The average molecular weight is 429 g/mol. The van der Waals surface area contributed by atoms with Crippen LogP contribution in [0.5, 0.6) is 0 Å². The van der Waals surface area contributed by atoms with Gasteiger partial charge < -0.3 is 5.32 Å². The van der Waals surface area contributed by atoms with Gasteiger partial charge in [-0.25, -0.2) is 22.8 Å². The normalized spacial score (nSPS) is 11.4. The number of nitrogens with one attached hydrogen (secondary N) is 2. The summed E-state index contributed by atoms with van der Waals surface area (Å²) in [4.78, 5) is 8.86. The Hall–Kier alpha value is -3.23. The van der Waals surface area contributed by atoms with Crippen molar-refractivity contribution in [1.29, 1.82) is 0 Å². The molecule has 3 aromatic carbocycles. The van der Waals surface area contributed by atoms with Gasteiger partial charge in [0.15, 0.2) is 11.6 Å². The summed E-state index contributed by atoms with van der Waals surface area (Å²) in [6, 6.07) is 18.5. The van der Waals surface area contributed by atoms with Crippen molar-refractivity contribution >= 4 is 50.0 Å². The van der Waals surface area contributed by atoms with E-state index < -0.39 is 10.0 Å². The second-order valence-corrected chi connectivity index (χ2v) is 8.22. The molecule has 9 heteroatoms. The lowest BCUT2D eigenvalue weighted by molar-refractivity contribution is 0.601. The molecule has 1 heterocycles. The van der Waals surface area contributed by atoms with E-state index in [-0.39, 0.29) is 22.3 Å². The summed E-state index contributed by atoms with van der Waals surface area (Å²) in [5, 5.41) is 3.28. The van der Waals surface area contributed by atoms with Crippen LogP contribution in [0.15, 0.2) is 77.7 Å². The molecule has 0 aliphatic carbocycles. The van der Waals surface area contributed by atoms with Crippen LogP contribution in [0.25, 0.3) is 11.0 Å². The molecule has 29 heavy (non-hydrogen) atoms. The van der Waals surface area contributed by atoms with Crippen molar-refractivity contribution in [3.8, 4) is 0 Å². The molecule has 0 aliphatic heterocycles. The number of hydrogen-bond acceptors (Lipinski definition) is 5. The number of halogens is 2. The van der Waals surface area contributed by atoms with Crippen molar-refractivity contribution < 1.29 is 12.8 Å². The van der Waals surface area contributed by atoms with Crippen LogP contribution in [0.1, 0.15) is 0 Å². The summed E-state index contributed by atoms with van der Waals surface area (Å²) in [6.45, 7) is 0. The summed E-state index contributed by atoms with van der Waals surface area (Å²) < 4.78 is 41.3. The molecule has 0 radical (unpaired) electrons. The zero-order chi connectivity index (χ0) is 20.4. The smallest absolute Gasteiger partial charge is 0.263 e. The molecular formula is C20H14ClFN4O2S. The van der Waals surface area contributed by atoms with Gasteiger partial charge in [-0.3, -0.25) is 4.72 Å². The third-order valence-electron chi connectivity index (χ3n) is 4.01. The van der Waals surface area contributed by atoms with E-state index in [1.54, 1.807) is 36.4 Å². The third-order valence-corrected chi connectivity index (χ3v) is 5.59. The van der Waals surface area contributed by atoms with Gasteiger partial charge in [0.25, 0.3) is 10.0 Å². The van der Waals surface area contributed by atoms with E-state index in [0.717, 1.165) is 0 Å². The lowest BCUT2D eigenvalue weighted by atomic mass is 10.3. The minimum Gasteiger partial charge on any atom is -0.337 e. The van der Waals surface area contributed by atoms with Crippen LogP contribution in [0.4, 0.5) is 21.7 Å². The van der Waals surface area contributed by atoms with Gasteiger partial charge in [-0.2, -0.15) is 0 Å². The van der Waals surface area contributed by atoms with Gasteiger partial charge in [0, 0.05) is 10.7 Å². The van der Waals surface area contributed by atoms with Gasteiger partial charge in [0.05, 0.1) is 15.9 Å². The molecule has 1 aromatic heterocycles. The summed E-state index contributed by atoms with van der Waals surface area (Å²) in [7, 11) is -3.96. The van der Waals surface area contributed by atoms with Crippen molar-refractivity contribution in [1.82, 2.24) is 9.97 Å². The Bertz CT molecular complexity index is 1300. The topological polar surface area (TPSA) is 84.0 Å². The second-order valence-electron chi connectivity index (χ2n) is 6.10. The van der Waals surface area contributed by atoms with Gasteiger partial charge >= 0.3 is 0 Å². The standard InChI is InChI=1S/C20H14ClFN4O2S/c21-13-4-3-5-16(12-13)29(27,28)26-20-19(23-15-10-8-14(22)9-11-15)24-17-6-1-2-7-18(17)25-20/h1-12H,(H,23,24)(H,25,26). The number of sulfonamides is 1. The molecule has 0 fully saturated rings. The highest BCUT2D eigenvalue weighted by Gasteiger charge is 2.19. The molecule has 0 bridgehead atoms. The van der Waals surface area contributed by atoms with E-state index in [1.165, 1.54) is 36.4 Å². The average Bonchev–Trinajstić information content (AvgIpc) is 2.70. The summed E-state index contributed by atoms with van der Waals surface area (Å²) >= 11 is 5.92. The SMILES string of the molecule is O=S(=O)(Nc1nc2ccccc2nc1Nc1ccc(F)cc1)c1cccc(Cl)c1. The molecule has 0 atom stereocenters.